The third-order valence-corrected chi connectivity index (χ3v) is 4.32. The fourth-order valence-corrected chi connectivity index (χ4v) is 3.13. The first-order valence-corrected chi connectivity index (χ1v) is 8.46. The number of methoxy groups -OCH3 is 1. The summed E-state index contributed by atoms with van der Waals surface area (Å²) in [5, 5.41) is 9.07. The van der Waals surface area contributed by atoms with Crippen LogP contribution in [0.15, 0.2) is 17.0 Å². The first-order valence-electron chi connectivity index (χ1n) is 7.47. The van der Waals surface area contributed by atoms with Gasteiger partial charge in [-0.2, -0.15) is 0 Å². The summed E-state index contributed by atoms with van der Waals surface area (Å²) in [5.74, 6) is 1.73. The first kappa shape index (κ1) is 17.0. The molecule has 1 aliphatic rings. The van der Waals surface area contributed by atoms with Crippen LogP contribution in [0.1, 0.15) is 37.9 Å². The van der Waals surface area contributed by atoms with Crippen molar-refractivity contribution >= 4 is 17.7 Å². The van der Waals surface area contributed by atoms with Crippen LogP contribution in [0, 0.1) is 0 Å². The Bertz CT molecular complexity index is 518. The molecule has 1 saturated heterocycles. The molecule has 1 N–H and O–H groups in total. The summed E-state index contributed by atoms with van der Waals surface area (Å²) in [6.45, 7) is 2.73. The van der Waals surface area contributed by atoms with Gasteiger partial charge in [0.05, 0.1) is 25.2 Å². The van der Waals surface area contributed by atoms with E-state index in [2.05, 4.69) is 0 Å². The largest absolute Gasteiger partial charge is 0.493 e. The van der Waals surface area contributed by atoms with E-state index >= 15 is 0 Å². The predicted octanol–water partition coefficient (Wildman–Crippen LogP) is 2.95. The standard InChI is InChI=1S/C16H22O5S/c1-3-7-20-16-13(19-2)9-11(10-14(16)22-8-6-17)12-4-5-15(18)21-12/h9-10,12,17H,3-8H2,1-2H3. The second kappa shape index (κ2) is 8.29. The monoisotopic (exact) mass is 326 g/mol. The molecule has 22 heavy (non-hydrogen) atoms. The van der Waals surface area contributed by atoms with Crippen LogP contribution < -0.4 is 9.47 Å². The van der Waals surface area contributed by atoms with E-state index in [-0.39, 0.29) is 18.7 Å². The van der Waals surface area contributed by atoms with Crippen molar-refractivity contribution in [3.05, 3.63) is 17.7 Å². The van der Waals surface area contributed by atoms with Crippen LogP contribution in [0.3, 0.4) is 0 Å². The third kappa shape index (κ3) is 4.08. The number of cyclic esters (lactones) is 1. The van der Waals surface area contributed by atoms with Gasteiger partial charge in [-0.3, -0.25) is 4.79 Å². The van der Waals surface area contributed by atoms with E-state index in [0.717, 1.165) is 16.9 Å². The van der Waals surface area contributed by atoms with Crippen molar-refractivity contribution in [2.45, 2.75) is 37.2 Å². The van der Waals surface area contributed by atoms with Gasteiger partial charge in [0.25, 0.3) is 0 Å². The number of carbonyl (C=O) groups excluding carboxylic acids is 1. The normalized spacial score (nSPS) is 17.4. The number of hydrogen-bond donors (Lipinski definition) is 1. The van der Waals surface area contributed by atoms with Crippen molar-refractivity contribution in [2.24, 2.45) is 0 Å². The fraction of sp³-hybridized carbons (Fsp3) is 0.562. The molecular weight excluding hydrogens is 304 g/mol. The first-order chi connectivity index (χ1) is 10.7. The van der Waals surface area contributed by atoms with Crippen LogP contribution in [0.25, 0.3) is 0 Å². The Labute approximate surface area is 134 Å². The van der Waals surface area contributed by atoms with Crippen LogP contribution in [-0.2, 0) is 9.53 Å². The van der Waals surface area contributed by atoms with Crippen LogP contribution >= 0.6 is 11.8 Å². The van der Waals surface area contributed by atoms with Crippen molar-refractivity contribution in [2.75, 3.05) is 26.1 Å². The minimum absolute atomic E-state index is 0.0862. The van der Waals surface area contributed by atoms with E-state index in [9.17, 15) is 4.79 Å². The van der Waals surface area contributed by atoms with Crippen molar-refractivity contribution < 1.29 is 24.1 Å². The molecule has 1 unspecified atom stereocenters. The van der Waals surface area contributed by atoms with E-state index in [1.54, 1.807) is 7.11 Å². The Hall–Kier alpha value is -1.40. The molecule has 1 atom stereocenters. The highest BCUT2D eigenvalue weighted by molar-refractivity contribution is 7.99. The zero-order chi connectivity index (χ0) is 15.9. The Kier molecular flexibility index (Phi) is 6.39. The smallest absolute Gasteiger partial charge is 0.306 e. The van der Waals surface area contributed by atoms with Gasteiger partial charge in [0.1, 0.15) is 6.10 Å². The van der Waals surface area contributed by atoms with E-state index in [0.29, 0.717) is 36.7 Å². The van der Waals surface area contributed by atoms with Gasteiger partial charge in [-0.15, -0.1) is 11.8 Å². The van der Waals surface area contributed by atoms with Gasteiger partial charge in [-0.1, -0.05) is 6.92 Å². The topological polar surface area (TPSA) is 65.0 Å². The van der Waals surface area contributed by atoms with Gasteiger partial charge in [0.2, 0.25) is 0 Å². The number of aliphatic hydroxyl groups is 1. The Balaban J connectivity index is 2.33. The number of rotatable bonds is 8. The zero-order valence-electron chi connectivity index (χ0n) is 13.0. The van der Waals surface area contributed by atoms with E-state index in [1.165, 1.54) is 11.8 Å². The Morgan fingerprint density at radius 3 is 2.86 bits per heavy atom. The second-order valence-corrected chi connectivity index (χ2v) is 6.12. The minimum atomic E-state index is -0.227. The molecule has 0 bridgehead atoms. The van der Waals surface area contributed by atoms with E-state index in [1.807, 2.05) is 19.1 Å². The molecule has 0 aromatic heterocycles. The maximum absolute atomic E-state index is 11.3. The summed E-state index contributed by atoms with van der Waals surface area (Å²) in [7, 11) is 1.60. The Morgan fingerprint density at radius 2 is 2.27 bits per heavy atom. The molecule has 0 spiro atoms. The molecule has 1 aromatic carbocycles. The summed E-state index contributed by atoms with van der Waals surface area (Å²) in [4.78, 5) is 12.2. The molecule has 6 heteroatoms. The van der Waals surface area contributed by atoms with Gasteiger partial charge in [-0.05, 0) is 30.5 Å². The maximum atomic E-state index is 11.3. The molecule has 0 radical (unpaired) electrons. The molecule has 1 aromatic rings. The average Bonchev–Trinajstić information content (AvgIpc) is 2.97. The number of esters is 1. The van der Waals surface area contributed by atoms with E-state index < -0.39 is 0 Å². The van der Waals surface area contributed by atoms with Crippen molar-refractivity contribution in [3.8, 4) is 11.5 Å². The average molecular weight is 326 g/mol. The van der Waals surface area contributed by atoms with Crippen LogP contribution in [0.2, 0.25) is 0 Å². The number of benzene rings is 1. The molecule has 1 fully saturated rings. The van der Waals surface area contributed by atoms with Gasteiger partial charge >= 0.3 is 5.97 Å². The van der Waals surface area contributed by atoms with Crippen LogP contribution in [0.4, 0.5) is 0 Å². The lowest BCUT2D eigenvalue weighted by Gasteiger charge is -2.18. The molecule has 0 aliphatic carbocycles. The molecule has 1 heterocycles. The Morgan fingerprint density at radius 1 is 1.45 bits per heavy atom. The quantitative estimate of drug-likeness (QED) is 0.585. The summed E-state index contributed by atoms with van der Waals surface area (Å²) >= 11 is 1.51. The number of carbonyl (C=O) groups is 1. The highest BCUT2D eigenvalue weighted by Gasteiger charge is 2.27. The highest BCUT2D eigenvalue weighted by Crippen LogP contribution is 2.42. The number of thioether (sulfide) groups is 1. The minimum Gasteiger partial charge on any atom is -0.493 e. The fourth-order valence-electron chi connectivity index (χ4n) is 2.30. The van der Waals surface area contributed by atoms with Gasteiger partial charge in [-0.25, -0.2) is 0 Å². The third-order valence-electron chi connectivity index (χ3n) is 3.32. The summed E-state index contributed by atoms with van der Waals surface area (Å²) in [6, 6.07) is 3.84. The number of ether oxygens (including phenoxy) is 3. The molecule has 0 saturated carbocycles. The van der Waals surface area contributed by atoms with Crippen LogP contribution in [0.5, 0.6) is 11.5 Å². The summed E-state index contributed by atoms with van der Waals surface area (Å²) in [5.41, 5.74) is 0.909. The summed E-state index contributed by atoms with van der Waals surface area (Å²) < 4.78 is 16.6. The van der Waals surface area contributed by atoms with Crippen molar-refractivity contribution in [3.63, 3.8) is 0 Å². The van der Waals surface area contributed by atoms with E-state index in [4.69, 9.17) is 19.3 Å². The lowest BCUT2D eigenvalue weighted by Crippen LogP contribution is -2.04. The second-order valence-electron chi connectivity index (χ2n) is 4.99. The molecular formula is C16H22O5S. The van der Waals surface area contributed by atoms with Gasteiger partial charge in [0, 0.05) is 12.2 Å². The molecule has 2 rings (SSSR count). The van der Waals surface area contributed by atoms with Crippen molar-refractivity contribution in [1.29, 1.82) is 0 Å². The molecule has 122 valence electrons. The molecule has 1 aliphatic heterocycles. The van der Waals surface area contributed by atoms with Gasteiger partial charge < -0.3 is 19.3 Å². The van der Waals surface area contributed by atoms with Crippen LogP contribution in [-0.4, -0.2) is 37.2 Å². The van der Waals surface area contributed by atoms with Gasteiger partial charge in [0.15, 0.2) is 11.5 Å². The number of hydrogen-bond acceptors (Lipinski definition) is 6. The van der Waals surface area contributed by atoms with Crippen molar-refractivity contribution in [1.82, 2.24) is 0 Å². The molecule has 5 nitrogen and oxygen atoms in total. The highest BCUT2D eigenvalue weighted by atomic mass is 32.2. The number of aliphatic hydroxyl groups excluding tert-OH is 1. The maximum Gasteiger partial charge on any atom is 0.306 e. The predicted molar refractivity (Wildman–Crippen MR) is 84.7 cm³/mol. The molecule has 0 amide bonds. The lowest BCUT2D eigenvalue weighted by molar-refractivity contribution is -0.141. The lowest BCUT2D eigenvalue weighted by atomic mass is 10.1. The summed E-state index contributed by atoms with van der Waals surface area (Å²) in [6.07, 6.45) is 1.80. The SMILES string of the molecule is CCCOc1c(OC)cc(C2CCC(=O)O2)cc1SCCO. The zero-order valence-corrected chi connectivity index (χ0v) is 13.8.